The van der Waals surface area contributed by atoms with E-state index in [4.69, 9.17) is 14.8 Å². The van der Waals surface area contributed by atoms with Gasteiger partial charge in [-0.05, 0) is 31.9 Å². The van der Waals surface area contributed by atoms with Gasteiger partial charge < -0.3 is 14.7 Å². The van der Waals surface area contributed by atoms with E-state index in [-0.39, 0.29) is 12.7 Å². The summed E-state index contributed by atoms with van der Waals surface area (Å²) in [6.07, 6.45) is 5.75. The molecule has 2 aromatic rings. The van der Waals surface area contributed by atoms with Gasteiger partial charge in [-0.1, -0.05) is 0 Å². The third-order valence-electron chi connectivity index (χ3n) is 3.91. The van der Waals surface area contributed by atoms with Crippen molar-refractivity contribution >= 4 is 5.82 Å². The van der Waals surface area contributed by atoms with Crippen LogP contribution in [0, 0.1) is 6.92 Å². The maximum Gasteiger partial charge on any atom is 0.163 e. The molecule has 6 heteroatoms. The first-order valence-electron chi connectivity index (χ1n) is 8.00. The van der Waals surface area contributed by atoms with E-state index in [0.29, 0.717) is 12.4 Å². The van der Waals surface area contributed by atoms with Gasteiger partial charge in [-0.2, -0.15) is 0 Å². The summed E-state index contributed by atoms with van der Waals surface area (Å²) in [4.78, 5) is 15.6. The highest BCUT2D eigenvalue weighted by molar-refractivity contribution is 5.56. The van der Waals surface area contributed by atoms with Crippen LogP contribution < -0.4 is 4.90 Å². The Balaban J connectivity index is 1.81. The van der Waals surface area contributed by atoms with Gasteiger partial charge in [0.05, 0.1) is 19.3 Å². The van der Waals surface area contributed by atoms with Crippen molar-refractivity contribution in [3.63, 3.8) is 0 Å². The highest BCUT2D eigenvalue weighted by Gasteiger charge is 2.22. The summed E-state index contributed by atoms with van der Waals surface area (Å²) in [5.41, 5.74) is 1.86. The van der Waals surface area contributed by atoms with Gasteiger partial charge in [0, 0.05) is 42.8 Å². The zero-order valence-corrected chi connectivity index (χ0v) is 13.4. The molecule has 0 aliphatic carbocycles. The molecule has 0 bridgehead atoms. The Bertz CT molecular complexity index is 636. The number of anilines is 1. The lowest BCUT2D eigenvalue weighted by molar-refractivity contribution is 0.0213. The molecule has 0 saturated carbocycles. The summed E-state index contributed by atoms with van der Waals surface area (Å²) in [5, 5.41) is 8.91. The average Bonchev–Trinajstić information content (AvgIpc) is 2.60. The van der Waals surface area contributed by atoms with Crippen molar-refractivity contribution < 1.29 is 9.84 Å². The number of hydrogen-bond acceptors (Lipinski definition) is 6. The number of nitrogens with zero attached hydrogens (tertiary/aromatic N) is 4. The highest BCUT2D eigenvalue weighted by Crippen LogP contribution is 2.23. The SMILES string of the molecule is Cc1cc(N2CCCC(OCCO)C2)nc(-c2cccnc2)n1. The number of aryl methyl sites for hydroxylation is 1. The van der Waals surface area contributed by atoms with E-state index in [9.17, 15) is 0 Å². The van der Waals surface area contributed by atoms with Gasteiger partial charge in [-0.25, -0.2) is 9.97 Å². The first kappa shape index (κ1) is 15.8. The molecule has 0 aromatic carbocycles. The van der Waals surface area contributed by atoms with Crippen molar-refractivity contribution in [3.8, 4) is 11.4 Å². The summed E-state index contributed by atoms with van der Waals surface area (Å²) >= 11 is 0. The van der Waals surface area contributed by atoms with Crippen molar-refractivity contribution in [2.75, 3.05) is 31.2 Å². The van der Waals surface area contributed by atoms with Crippen LogP contribution in [0.3, 0.4) is 0 Å². The van der Waals surface area contributed by atoms with Gasteiger partial charge in [-0.15, -0.1) is 0 Å². The van der Waals surface area contributed by atoms with Crippen LogP contribution in [-0.2, 0) is 4.74 Å². The van der Waals surface area contributed by atoms with Crippen molar-refractivity contribution in [2.24, 2.45) is 0 Å². The van der Waals surface area contributed by atoms with Crippen LogP contribution in [0.15, 0.2) is 30.6 Å². The minimum Gasteiger partial charge on any atom is -0.394 e. The van der Waals surface area contributed by atoms with E-state index < -0.39 is 0 Å². The lowest BCUT2D eigenvalue weighted by Gasteiger charge is -2.33. The third kappa shape index (κ3) is 4.03. The molecule has 1 atom stereocenters. The van der Waals surface area contributed by atoms with Crippen LogP contribution >= 0.6 is 0 Å². The summed E-state index contributed by atoms with van der Waals surface area (Å²) in [6, 6.07) is 5.86. The Morgan fingerprint density at radius 3 is 3.09 bits per heavy atom. The molecule has 3 heterocycles. The Labute approximate surface area is 136 Å². The first-order valence-corrected chi connectivity index (χ1v) is 8.00. The molecule has 1 unspecified atom stereocenters. The minimum absolute atomic E-state index is 0.0638. The van der Waals surface area contributed by atoms with Crippen molar-refractivity contribution in [1.29, 1.82) is 0 Å². The monoisotopic (exact) mass is 314 g/mol. The van der Waals surface area contributed by atoms with Gasteiger partial charge in [-0.3, -0.25) is 4.98 Å². The number of ether oxygens (including phenoxy) is 1. The standard InChI is InChI=1S/C17H22N4O2/c1-13-10-16(20-17(19-13)14-4-2-6-18-11-14)21-7-3-5-15(12-21)23-9-8-22/h2,4,6,10-11,15,22H,3,5,7-9,12H2,1H3. The molecule has 2 aromatic heterocycles. The second kappa shape index (κ2) is 7.48. The number of rotatable bonds is 5. The summed E-state index contributed by atoms with van der Waals surface area (Å²) in [6.45, 7) is 4.19. The first-order chi connectivity index (χ1) is 11.3. The Morgan fingerprint density at radius 2 is 2.30 bits per heavy atom. The Kier molecular flexibility index (Phi) is 5.15. The molecular formula is C17H22N4O2. The van der Waals surface area contributed by atoms with E-state index in [1.165, 1.54) is 0 Å². The minimum atomic E-state index is 0.0638. The molecule has 23 heavy (non-hydrogen) atoms. The normalized spacial score (nSPS) is 18.2. The maximum atomic E-state index is 8.91. The zero-order valence-electron chi connectivity index (χ0n) is 13.4. The summed E-state index contributed by atoms with van der Waals surface area (Å²) in [5.74, 6) is 1.63. The molecule has 0 radical (unpaired) electrons. The fraction of sp³-hybridized carbons (Fsp3) is 0.471. The van der Waals surface area contributed by atoms with Crippen molar-refractivity contribution in [2.45, 2.75) is 25.9 Å². The molecule has 1 aliphatic heterocycles. The Morgan fingerprint density at radius 1 is 1.39 bits per heavy atom. The molecule has 3 rings (SSSR count). The Hall–Kier alpha value is -2.05. The maximum absolute atomic E-state index is 8.91. The number of piperidine rings is 1. The van der Waals surface area contributed by atoms with Crippen LogP contribution in [-0.4, -0.2) is 52.5 Å². The topological polar surface area (TPSA) is 71.4 Å². The quantitative estimate of drug-likeness (QED) is 0.908. The molecule has 0 spiro atoms. The smallest absolute Gasteiger partial charge is 0.163 e. The summed E-state index contributed by atoms with van der Waals surface area (Å²) < 4.78 is 5.68. The lowest BCUT2D eigenvalue weighted by Crippen LogP contribution is -2.40. The van der Waals surface area contributed by atoms with Crippen LogP contribution in [0.2, 0.25) is 0 Å². The third-order valence-corrected chi connectivity index (χ3v) is 3.91. The van der Waals surface area contributed by atoms with Crippen molar-refractivity contribution in [1.82, 2.24) is 15.0 Å². The fourth-order valence-electron chi connectivity index (χ4n) is 2.84. The molecular weight excluding hydrogens is 292 g/mol. The number of hydrogen-bond donors (Lipinski definition) is 1. The average molecular weight is 314 g/mol. The van der Waals surface area contributed by atoms with Crippen molar-refractivity contribution in [3.05, 3.63) is 36.3 Å². The highest BCUT2D eigenvalue weighted by atomic mass is 16.5. The van der Waals surface area contributed by atoms with Crippen LogP contribution in [0.25, 0.3) is 11.4 Å². The van der Waals surface area contributed by atoms with Gasteiger partial charge in [0.25, 0.3) is 0 Å². The fourth-order valence-corrected chi connectivity index (χ4v) is 2.84. The number of pyridine rings is 1. The van der Waals surface area contributed by atoms with E-state index in [0.717, 1.165) is 43.0 Å². The predicted octanol–water partition coefficient (Wildman–Crippen LogP) is 1.82. The molecule has 1 saturated heterocycles. The van der Waals surface area contributed by atoms with E-state index in [1.54, 1.807) is 12.4 Å². The molecule has 1 N–H and O–H groups in total. The zero-order chi connectivity index (χ0) is 16.1. The number of aliphatic hydroxyl groups is 1. The number of aliphatic hydroxyl groups excluding tert-OH is 1. The number of aromatic nitrogens is 3. The second-order valence-corrected chi connectivity index (χ2v) is 5.74. The van der Waals surface area contributed by atoms with Gasteiger partial charge >= 0.3 is 0 Å². The largest absolute Gasteiger partial charge is 0.394 e. The molecule has 1 fully saturated rings. The van der Waals surface area contributed by atoms with E-state index in [1.807, 2.05) is 25.1 Å². The van der Waals surface area contributed by atoms with Gasteiger partial charge in [0.1, 0.15) is 5.82 Å². The molecule has 0 amide bonds. The van der Waals surface area contributed by atoms with E-state index in [2.05, 4.69) is 14.9 Å². The molecule has 122 valence electrons. The van der Waals surface area contributed by atoms with Gasteiger partial charge in [0.2, 0.25) is 0 Å². The molecule has 1 aliphatic rings. The summed E-state index contributed by atoms with van der Waals surface area (Å²) in [7, 11) is 0. The predicted molar refractivity (Wildman–Crippen MR) is 88.3 cm³/mol. The van der Waals surface area contributed by atoms with E-state index >= 15 is 0 Å². The van der Waals surface area contributed by atoms with Crippen LogP contribution in [0.1, 0.15) is 18.5 Å². The lowest BCUT2D eigenvalue weighted by atomic mass is 10.1. The van der Waals surface area contributed by atoms with Crippen LogP contribution in [0.4, 0.5) is 5.82 Å². The molecule has 6 nitrogen and oxygen atoms in total. The van der Waals surface area contributed by atoms with Crippen LogP contribution in [0.5, 0.6) is 0 Å². The second-order valence-electron chi connectivity index (χ2n) is 5.74. The van der Waals surface area contributed by atoms with Gasteiger partial charge in [0.15, 0.2) is 5.82 Å².